The SMILES string of the molecule is CC(C)C(N)c1nc(C(=O)NC(c2ccccc2)c2ccc(Cl)cc2)co1. The number of rotatable bonds is 6. The number of nitrogens with one attached hydrogen (secondary N) is 1. The van der Waals surface area contributed by atoms with Crippen molar-refractivity contribution in [3.63, 3.8) is 0 Å². The lowest BCUT2D eigenvalue weighted by Gasteiger charge is -2.19. The molecule has 3 aromatic rings. The summed E-state index contributed by atoms with van der Waals surface area (Å²) in [5.74, 6) is 0.188. The summed E-state index contributed by atoms with van der Waals surface area (Å²) in [4.78, 5) is 17.0. The Morgan fingerprint density at radius 3 is 2.33 bits per heavy atom. The number of nitrogens with two attached hydrogens (primary N) is 1. The first kappa shape index (κ1) is 19.1. The van der Waals surface area contributed by atoms with Gasteiger partial charge in [0.15, 0.2) is 5.69 Å². The number of aromatic nitrogens is 1. The van der Waals surface area contributed by atoms with Gasteiger partial charge in [-0.3, -0.25) is 4.79 Å². The summed E-state index contributed by atoms with van der Waals surface area (Å²) in [7, 11) is 0. The van der Waals surface area contributed by atoms with Crippen LogP contribution in [0.3, 0.4) is 0 Å². The van der Waals surface area contributed by atoms with E-state index in [2.05, 4.69) is 10.3 Å². The van der Waals surface area contributed by atoms with Crippen LogP contribution in [0.1, 0.15) is 53.4 Å². The van der Waals surface area contributed by atoms with Crippen LogP contribution in [0.2, 0.25) is 5.02 Å². The number of hydrogen-bond acceptors (Lipinski definition) is 4. The first-order valence-electron chi connectivity index (χ1n) is 8.78. The highest BCUT2D eigenvalue weighted by atomic mass is 35.5. The highest BCUT2D eigenvalue weighted by Gasteiger charge is 2.22. The molecule has 1 aromatic heterocycles. The second-order valence-corrected chi connectivity index (χ2v) is 7.15. The Balaban J connectivity index is 1.86. The second-order valence-electron chi connectivity index (χ2n) is 6.71. The Morgan fingerprint density at radius 2 is 1.70 bits per heavy atom. The molecular formula is C21H22ClN3O2. The van der Waals surface area contributed by atoms with Crippen LogP contribution >= 0.6 is 11.6 Å². The monoisotopic (exact) mass is 383 g/mol. The van der Waals surface area contributed by atoms with Gasteiger partial charge in [0.2, 0.25) is 5.89 Å². The number of carbonyl (C=O) groups is 1. The van der Waals surface area contributed by atoms with Gasteiger partial charge in [-0.15, -0.1) is 0 Å². The van der Waals surface area contributed by atoms with Crippen molar-refractivity contribution >= 4 is 17.5 Å². The van der Waals surface area contributed by atoms with Crippen molar-refractivity contribution in [1.29, 1.82) is 0 Å². The minimum Gasteiger partial charge on any atom is -0.446 e. The number of nitrogens with zero attached hydrogens (tertiary/aromatic N) is 1. The predicted molar refractivity (Wildman–Crippen MR) is 105 cm³/mol. The lowest BCUT2D eigenvalue weighted by Crippen LogP contribution is -2.29. The van der Waals surface area contributed by atoms with Crippen molar-refractivity contribution in [2.75, 3.05) is 0 Å². The second kappa shape index (κ2) is 8.37. The molecule has 3 N–H and O–H groups in total. The summed E-state index contributed by atoms with van der Waals surface area (Å²) in [6.07, 6.45) is 1.34. The van der Waals surface area contributed by atoms with E-state index < -0.39 is 0 Å². The van der Waals surface area contributed by atoms with Gasteiger partial charge in [0.25, 0.3) is 5.91 Å². The van der Waals surface area contributed by atoms with E-state index in [1.54, 1.807) is 12.1 Å². The number of oxazole rings is 1. The van der Waals surface area contributed by atoms with Gasteiger partial charge in [-0.05, 0) is 29.2 Å². The number of benzene rings is 2. The fourth-order valence-corrected chi connectivity index (χ4v) is 2.82. The largest absolute Gasteiger partial charge is 0.446 e. The van der Waals surface area contributed by atoms with Gasteiger partial charge in [0.1, 0.15) is 6.26 Å². The highest BCUT2D eigenvalue weighted by Crippen LogP contribution is 2.24. The third-order valence-electron chi connectivity index (χ3n) is 4.37. The molecule has 0 aliphatic heterocycles. The number of hydrogen-bond donors (Lipinski definition) is 2. The van der Waals surface area contributed by atoms with Crippen molar-refractivity contribution in [2.45, 2.75) is 25.9 Å². The Morgan fingerprint density at radius 1 is 1.07 bits per heavy atom. The molecule has 2 aromatic carbocycles. The lowest BCUT2D eigenvalue weighted by molar-refractivity contribution is 0.0938. The average Bonchev–Trinajstić information content (AvgIpc) is 3.17. The minimum atomic E-state index is -0.354. The zero-order valence-corrected chi connectivity index (χ0v) is 16.0. The summed E-state index contributed by atoms with van der Waals surface area (Å²) in [5.41, 5.74) is 8.13. The first-order chi connectivity index (χ1) is 13.0. The number of halogens is 1. The number of carbonyl (C=O) groups excluding carboxylic acids is 1. The van der Waals surface area contributed by atoms with E-state index in [1.165, 1.54) is 6.26 Å². The van der Waals surface area contributed by atoms with E-state index in [4.69, 9.17) is 21.8 Å². The van der Waals surface area contributed by atoms with Crippen LogP contribution < -0.4 is 11.1 Å². The summed E-state index contributed by atoms with van der Waals surface area (Å²) >= 11 is 6.00. The number of amides is 1. The van der Waals surface area contributed by atoms with Gasteiger partial charge >= 0.3 is 0 Å². The fraction of sp³-hybridized carbons (Fsp3) is 0.238. The molecule has 1 heterocycles. The molecule has 0 aliphatic carbocycles. The molecule has 0 fully saturated rings. The van der Waals surface area contributed by atoms with Gasteiger partial charge in [-0.1, -0.05) is 67.9 Å². The molecule has 6 heteroatoms. The van der Waals surface area contributed by atoms with Gasteiger partial charge < -0.3 is 15.5 Å². The highest BCUT2D eigenvalue weighted by molar-refractivity contribution is 6.30. The van der Waals surface area contributed by atoms with Crippen LogP contribution in [0.25, 0.3) is 0 Å². The van der Waals surface area contributed by atoms with Gasteiger partial charge in [0.05, 0.1) is 12.1 Å². The molecule has 1 amide bonds. The Bertz CT molecular complexity index is 891. The van der Waals surface area contributed by atoms with Crippen LogP contribution in [0, 0.1) is 5.92 Å². The predicted octanol–water partition coefficient (Wildman–Crippen LogP) is 4.50. The Hall–Kier alpha value is -2.63. The van der Waals surface area contributed by atoms with Crippen molar-refractivity contribution in [1.82, 2.24) is 10.3 Å². The van der Waals surface area contributed by atoms with Gasteiger partial charge in [-0.2, -0.15) is 0 Å². The van der Waals surface area contributed by atoms with E-state index in [-0.39, 0.29) is 29.6 Å². The third-order valence-corrected chi connectivity index (χ3v) is 4.62. The summed E-state index contributed by atoms with van der Waals surface area (Å²) in [6, 6.07) is 16.4. The van der Waals surface area contributed by atoms with Gasteiger partial charge in [0, 0.05) is 5.02 Å². The molecular weight excluding hydrogens is 362 g/mol. The molecule has 140 valence electrons. The fourth-order valence-electron chi connectivity index (χ4n) is 2.70. The molecule has 0 radical (unpaired) electrons. The summed E-state index contributed by atoms with van der Waals surface area (Å²) in [5, 5.41) is 3.66. The van der Waals surface area contributed by atoms with Crippen LogP contribution in [0.4, 0.5) is 0 Å². The van der Waals surface area contributed by atoms with E-state index in [1.807, 2.05) is 56.3 Å². The zero-order chi connectivity index (χ0) is 19.4. The average molecular weight is 384 g/mol. The molecule has 3 rings (SSSR count). The molecule has 27 heavy (non-hydrogen) atoms. The van der Waals surface area contributed by atoms with Crippen LogP contribution in [0.15, 0.2) is 65.3 Å². The minimum absolute atomic E-state index is 0.158. The lowest BCUT2D eigenvalue weighted by atomic mass is 9.98. The summed E-state index contributed by atoms with van der Waals surface area (Å²) < 4.78 is 5.40. The Labute approximate surface area is 163 Å². The maximum atomic E-state index is 12.8. The molecule has 2 atom stereocenters. The molecule has 0 saturated heterocycles. The molecule has 0 spiro atoms. The van der Waals surface area contributed by atoms with Crippen molar-refractivity contribution in [3.8, 4) is 0 Å². The smallest absolute Gasteiger partial charge is 0.273 e. The molecule has 2 unspecified atom stereocenters. The molecule has 5 nitrogen and oxygen atoms in total. The third kappa shape index (κ3) is 4.56. The quantitative estimate of drug-likeness (QED) is 0.656. The van der Waals surface area contributed by atoms with Crippen LogP contribution in [-0.4, -0.2) is 10.9 Å². The van der Waals surface area contributed by atoms with E-state index in [9.17, 15) is 4.79 Å². The maximum Gasteiger partial charge on any atom is 0.273 e. The van der Waals surface area contributed by atoms with Crippen molar-refractivity contribution in [3.05, 3.63) is 88.6 Å². The van der Waals surface area contributed by atoms with Crippen LogP contribution in [-0.2, 0) is 0 Å². The van der Waals surface area contributed by atoms with Crippen LogP contribution in [0.5, 0.6) is 0 Å². The maximum absolute atomic E-state index is 12.8. The normalized spacial score (nSPS) is 13.4. The topological polar surface area (TPSA) is 81.1 Å². The molecule has 0 bridgehead atoms. The van der Waals surface area contributed by atoms with Gasteiger partial charge in [-0.25, -0.2) is 4.98 Å². The molecule has 0 saturated carbocycles. The van der Waals surface area contributed by atoms with Crippen molar-refractivity contribution in [2.24, 2.45) is 11.7 Å². The standard InChI is InChI=1S/C21H22ClN3O2/c1-13(2)18(23)21-24-17(12-27-21)20(26)25-19(14-6-4-3-5-7-14)15-8-10-16(22)11-9-15/h3-13,18-19H,23H2,1-2H3,(H,25,26). The van der Waals surface area contributed by atoms with Crippen molar-refractivity contribution < 1.29 is 9.21 Å². The molecule has 0 aliphatic rings. The van der Waals surface area contributed by atoms with E-state index >= 15 is 0 Å². The Kier molecular flexibility index (Phi) is 5.94. The zero-order valence-electron chi connectivity index (χ0n) is 15.2. The summed E-state index contributed by atoms with van der Waals surface area (Å²) in [6.45, 7) is 3.95. The van der Waals surface area contributed by atoms with E-state index in [0.717, 1.165) is 11.1 Å². The first-order valence-corrected chi connectivity index (χ1v) is 9.15. The van der Waals surface area contributed by atoms with E-state index in [0.29, 0.717) is 10.9 Å².